The first-order valence-electron chi connectivity index (χ1n) is 6.96. The van der Waals surface area contributed by atoms with Crippen LogP contribution >= 0.6 is 0 Å². The molecule has 0 spiro atoms. The molecule has 0 aliphatic rings. The van der Waals surface area contributed by atoms with Gasteiger partial charge in [0.1, 0.15) is 0 Å². The molecule has 0 aliphatic carbocycles. The number of hydrogen-bond donors (Lipinski definition) is 1. The number of benzene rings is 1. The quantitative estimate of drug-likeness (QED) is 0.881. The van der Waals surface area contributed by atoms with Crippen molar-refractivity contribution in [3.8, 4) is 0 Å². The minimum atomic E-state index is -3.33. The summed E-state index contributed by atoms with van der Waals surface area (Å²) in [4.78, 5) is 6.07. The molecule has 6 heteroatoms. The van der Waals surface area contributed by atoms with Gasteiger partial charge in [0.05, 0.1) is 12.3 Å². The Morgan fingerprint density at radius 1 is 1.05 bits per heavy atom. The maximum Gasteiger partial charge on any atom is 0.209 e. The smallest absolute Gasteiger partial charge is 0.209 e. The normalized spacial score (nSPS) is 13.3. The molecule has 2 rings (SSSR count). The fraction of sp³-hybridized carbons (Fsp3) is 0.312. The number of nitrogens with zero attached hydrogens (tertiary/aromatic N) is 2. The number of pyridine rings is 1. The van der Waals surface area contributed by atoms with Crippen molar-refractivity contribution in [2.45, 2.75) is 12.6 Å². The highest BCUT2D eigenvalue weighted by Gasteiger charge is 2.18. The monoisotopic (exact) mass is 319 g/mol. The number of hydrogen-bond acceptors (Lipinski definition) is 4. The lowest BCUT2D eigenvalue weighted by molar-refractivity contribution is 0.402. The van der Waals surface area contributed by atoms with E-state index in [0.29, 0.717) is 0 Å². The molecule has 1 atom stereocenters. The van der Waals surface area contributed by atoms with E-state index in [2.05, 4.69) is 14.6 Å². The number of nitrogens with one attached hydrogen (secondary N) is 1. The molecular weight excluding hydrogens is 298 g/mol. The van der Waals surface area contributed by atoms with Crippen LogP contribution in [-0.2, 0) is 16.6 Å². The van der Waals surface area contributed by atoms with E-state index in [1.54, 1.807) is 12.4 Å². The lowest BCUT2D eigenvalue weighted by atomic mass is 9.99. The lowest BCUT2D eigenvalue weighted by Crippen LogP contribution is -2.28. The zero-order chi connectivity index (χ0) is 16.2. The molecule has 0 bridgehead atoms. The number of rotatable bonds is 6. The van der Waals surface area contributed by atoms with E-state index in [4.69, 9.17) is 0 Å². The summed E-state index contributed by atoms with van der Waals surface area (Å²) in [6.07, 6.45) is 4.49. The molecule has 0 aliphatic heterocycles. The fourth-order valence-corrected chi connectivity index (χ4v) is 2.98. The molecule has 1 aromatic carbocycles. The molecule has 1 unspecified atom stereocenters. The van der Waals surface area contributed by atoms with Crippen molar-refractivity contribution in [2.24, 2.45) is 0 Å². The molecule has 118 valence electrons. The van der Waals surface area contributed by atoms with Crippen LogP contribution in [0.3, 0.4) is 0 Å². The third-order valence-corrected chi connectivity index (χ3v) is 3.85. The maximum absolute atomic E-state index is 11.7. The molecule has 2 aromatic rings. The third kappa shape index (κ3) is 4.91. The first kappa shape index (κ1) is 16.6. The van der Waals surface area contributed by atoms with Crippen molar-refractivity contribution in [1.29, 1.82) is 0 Å². The van der Waals surface area contributed by atoms with E-state index < -0.39 is 16.1 Å². The molecular formula is C16H21N3O2S. The summed E-state index contributed by atoms with van der Waals surface area (Å²) >= 11 is 0. The third-order valence-electron chi connectivity index (χ3n) is 3.18. The summed E-state index contributed by atoms with van der Waals surface area (Å²) in [6, 6.07) is 11.2. The standard InChI is InChI=1S/C16H21N3O2S/c1-19(2)12-13-4-6-14(7-5-13)16(18-22(3,20)21)15-8-10-17-11-9-15/h4-11,16,18H,12H2,1-3H3. The van der Waals surface area contributed by atoms with E-state index in [1.807, 2.05) is 50.5 Å². The van der Waals surface area contributed by atoms with Gasteiger partial charge >= 0.3 is 0 Å². The highest BCUT2D eigenvalue weighted by atomic mass is 32.2. The zero-order valence-corrected chi connectivity index (χ0v) is 13.8. The van der Waals surface area contributed by atoms with Crippen molar-refractivity contribution in [3.05, 3.63) is 65.5 Å². The Morgan fingerprint density at radius 3 is 2.09 bits per heavy atom. The molecule has 5 nitrogen and oxygen atoms in total. The zero-order valence-electron chi connectivity index (χ0n) is 13.0. The first-order valence-corrected chi connectivity index (χ1v) is 8.85. The predicted molar refractivity (Wildman–Crippen MR) is 87.9 cm³/mol. The Kier molecular flexibility index (Phi) is 5.28. The lowest BCUT2D eigenvalue weighted by Gasteiger charge is -2.19. The van der Waals surface area contributed by atoms with Gasteiger partial charge in [-0.05, 0) is 42.9 Å². The Morgan fingerprint density at radius 2 is 1.59 bits per heavy atom. The average Bonchev–Trinajstić information content (AvgIpc) is 2.45. The molecule has 1 aromatic heterocycles. The highest BCUT2D eigenvalue weighted by Crippen LogP contribution is 2.23. The van der Waals surface area contributed by atoms with Crippen LogP contribution in [0.4, 0.5) is 0 Å². The van der Waals surface area contributed by atoms with Crippen LogP contribution in [-0.4, -0.2) is 38.7 Å². The van der Waals surface area contributed by atoms with E-state index in [9.17, 15) is 8.42 Å². The molecule has 0 radical (unpaired) electrons. The Balaban J connectivity index is 2.33. The summed E-state index contributed by atoms with van der Waals surface area (Å²) in [5.41, 5.74) is 2.95. The molecule has 0 saturated carbocycles. The summed E-state index contributed by atoms with van der Waals surface area (Å²) in [6.45, 7) is 0.847. The van der Waals surface area contributed by atoms with Crippen LogP contribution in [0.15, 0.2) is 48.8 Å². The molecule has 0 amide bonds. The maximum atomic E-state index is 11.7. The van der Waals surface area contributed by atoms with Gasteiger partial charge in [-0.25, -0.2) is 13.1 Å². The van der Waals surface area contributed by atoms with Gasteiger partial charge in [0, 0.05) is 18.9 Å². The molecule has 1 heterocycles. The van der Waals surface area contributed by atoms with Gasteiger partial charge in [0.25, 0.3) is 0 Å². The molecule has 0 saturated heterocycles. The first-order chi connectivity index (χ1) is 10.3. The van der Waals surface area contributed by atoms with E-state index in [0.717, 1.165) is 17.7 Å². The fourth-order valence-electron chi connectivity index (χ4n) is 2.28. The van der Waals surface area contributed by atoms with E-state index in [1.165, 1.54) is 11.8 Å². The Hall–Kier alpha value is -1.76. The van der Waals surface area contributed by atoms with Gasteiger partial charge in [-0.15, -0.1) is 0 Å². The SMILES string of the molecule is CN(C)Cc1ccc(C(NS(C)(=O)=O)c2ccncc2)cc1. The minimum absolute atomic E-state index is 0.411. The largest absolute Gasteiger partial charge is 0.305 e. The van der Waals surface area contributed by atoms with Crippen LogP contribution in [0.1, 0.15) is 22.7 Å². The summed E-state index contributed by atoms with van der Waals surface area (Å²) < 4.78 is 26.0. The molecule has 1 N–H and O–H groups in total. The number of aromatic nitrogens is 1. The van der Waals surface area contributed by atoms with Crippen molar-refractivity contribution < 1.29 is 8.42 Å². The minimum Gasteiger partial charge on any atom is -0.305 e. The predicted octanol–water partition coefficient (Wildman–Crippen LogP) is 1.78. The van der Waals surface area contributed by atoms with Gasteiger partial charge in [-0.2, -0.15) is 0 Å². The topological polar surface area (TPSA) is 62.3 Å². The van der Waals surface area contributed by atoms with Crippen LogP contribution in [0.25, 0.3) is 0 Å². The van der Waals surface area contributed by atoms with Gasteiger partial charge < -0.3 is 4.90 Å². The summed E-state index contributed by atoms with van der Waals surface area (Å²) in [7, 11) is 0.698. The van der Waals surface area contributed by atoms with Crippen LogP contribution in [0, 0.1) is 0 Å². The van der Waals surface area contributed by atoms with Crippen LogP contribution in [0.2, 0.25) is 0 Å². The summed E-state index contributed by atoms with van der Waals surface area (Å²) in [5.74, 6) is 0. The summed E-state index contributed by atoms with van der Waals surface area (Å²) in [5, 5.41) is 0. The second-order valence-electron chi connectivity index (χ2n) is 5.58. The van der Waals surface area contributed by atoms with Gasteiger partial charge in [-0.1, -0.05) is 24.3 Å². The van der Waals surface area contributed by atoms with Crippen molar-refractivity contribution in [1.82, 2.24) is 14.6 Å². The van der Waals surface area contributed by atoms with Crippen molar-refractivity contribution in [3.63, 3.8) is 0 Å². The van der Waals surface area contributed by atoms with Gasteiger partial charge in [0.2, 0.25) is 10.0 Å². The average molecular weight is 319 g/mol. The Bertz CT molecular complexity index is 698. The van der Waals surface area contributed by atoms with E-state index >= 15 is 0 Å². The number of sulfonamides is 1. The van der Waals surface area contributed by atoms with Crippen LogP contribution < -0.4 is 4.72 Å². The van der Waals surface area contributed by atoms with Gasteiger partial charge in [-0.3, -0.25) is 4.98 Å². The second-order valence-corrected chi connectivity index (χ2v) is 7.36. The van der Waals surface area contributed by atoms with Gasteiger partial charge in [0.15, 0.2) is 0 Å². The highest BCUT2D eigenvalue weighted by molar-refractivity contribution is 7.88. The van der Waals surface area contributed by atoms with Crippen molar-refractivity contribution in [2.75, 3.05) is 20.4 Å². The van der Waals surface area contributed by atoms with E-state index in [-0.39, 0.29) is 0 Å². The van der Waals surface area contributed by atoms with Crippen LogP contribution in [0.5, 0.6) is 0 Å². The molecule has 0 fully saturated rings. The Labute approximate surface area is 132 Å². The second kappa shape index (κ2) is 7.00. The molecule has 22 heavy (non-hydrogen) atoms. The van der Waals surface area contributed by atoms with Crippen molar-refractivity contribution >= 4 is 10.0 Å².